The van der Waals surface area contributed by atoms with Crippen LogP contribution in [-0.4, -0.2) is 78.6 Å². The molecule has 13 nitrogen and oxygen atoms in total. The third-order valence-corrected chi connectivity index (χ3v) is 15.9. The van der Waals surface area contributed by atoms with E-state index in [-0.39, 0.29) is 55.5 Å². The van der Waals surface area contributed by atoms with Gasteiger partial charge in [-0.25, -0.2) is 0 Å². The molecule has 47 heavy (non-hydrogen) atoms. The highest BCUT2D eigenvalue weighted by Crippen LogP contribution is 2.48. The summed E-state index contributed by atoms with van der Waals surface area (Å²) in [6.07, 6.45) is 15.5. The first kappa shape index (κ1) is 32.0. The van der Waals surface area contributed by atoms with Gasteiger partial charge in [0, 0.05) is 5.92 Å². The van der Waals surface area contributed by atoms with Crippen LogP contribution in [0.5, 0.6) is 0 Å². The third kappa shape index (κ3) is 5.52. The monoisotopic (exact) mass is 676 g/mol. The second-order valence-corrected chi connectivity index (χ2v) is 18.4. The van der Waals surface area contributed by atoms with E-state index in [4.69, 9.17) is 0 Å². The SMILES string of the molecule is O=C(O)C1C2C3NC4NC(NC5NC(NC6NC(NC(N3)C2CCC1S(=O)(=O)O)C1CCCCC61)C1CCCCC51)C1CCCCC41. The molecule has 0 amide bonds. The number of hydrogen-bond donors (Lipinski definition) is 10. The van der Waals surface area contributed by atoms with Crippen molar-refractivity contribution in [1.82, 2.24) is 42.5 Å². The van der Waals surface area contributed by atoms with E-state index in [1.54, 1.807) is 0 Å². The highest BCUT2D eigenvalue weighted by molar-refractivity contribution is 7.86. The molecule has 9 fully saturated rings. The zero-order valence-electron chi connectivity index (χ0n) is 27.3. The van der Waals surface area contributed by atoms with Crippen molar-refractivity contribution in [2.75, 3.05) is 0 Å². The van der Waals surface area contributed by atoms with E-state index in [2.05, 4.69) is 42.5 Å². The second-order valence-electron chi connectivity index (χ2n) is 16.7. The summed E-state index contributed by atoms with van der Waals surface area (Å²) < 4.78 is 35.4. The van der Waals surface area contributed by atoms with Gasteiger partial charge in [0.2, 0.25) is 0 Å². The summed E-state index contributed by atoms with van der Waals surface area (Å²) in [4.78, 5) is 12.9. The molecular weight excluding hydrogens is 620 g/mol. The maximum Gasteiger partial charge on any atom is 0.308 e. The van der Waals surface area contributed by atoms with Crippen LogP contribution in [-0.2, 0) is 14.9 Å². The number of carboxylic acids is 1. The quantitative estimate of drug-likeness (QED) is 0.185. The molecule has 5 saturated heterocycles. The van der Waals surface area contributed by atoms with Gasteiger partial charge in [-0.2, -0.15) is 8.42 Å². The number of fused-ring (bicyclic) bond motifs is 20. The fraction of sp³-hybridized carbons (Fsp3) is 0.970. The molecule has 0 aromatic heterocycles. The molecule has 8 bridgehead atoms. The molecule has 14 heteroatoms. The summed E-state index contributed by atoms with van der Waals surface area (Å²) in [6, 6.07) is 0. The molecule has 9 aliphatic rings. The molecule has 9 rings (SSSR count). The van der Waals surface area contributed by atoms with Crippen LogP contribution in [0, 0.1) is 53.3 Å². The molecule has 0 radical (unpaired) electrons. The Balaban J connectivity index is 1.08. The number of carbonyl (C=O) groups is 1. The maximum atomic E-state index is 12.9. The van der Waals surface area contributed by atoms with Crippen molar-refractivity contribution in [1.29, 1.82) is 0 Å². The van der Waals surface area contributed by atoms with Gasteiger partial charge in [-0.05, 0) is 92.8 Å². The number of carboxylic acid groups (broad SMARTS) is 1. The van der Waals surface area contributed by atoms with Crippen LogP contribution in [0.15, 0.2) is 0 Å². The molecule has 10 N–H and O–H groups in total. The first-order valence-electron chi connectivity index (χ1n) is 19.0. The summed E-state index contributed by atoms with van der Waals surface area (Å²) in [6.45, 7) is 0. The van der Waals surface area contributed by atoms with Crippen LogP contribution in [0.1, 0.15) is 89.9 Å². The van der Waals surface area contributed by atoms with E-state index < -0.39 is 39.3 Å². The normalized spacial score (nSPS) is 54.2. The van der Waals surface area contributed by atoms with Crippen LogP contribution in [0.3, 0.4) is 0 Å². The lowest BCUT2D eigenvalue weighted by atomic mass is 9.71. The Hall–Kier alpha value is -0.940. The summed E-state index contributed by atoms with van der Waals surface area (Å²) in [5, 5.41) is 41.2. The van der Waals surface area contributed by atoms with Gasteiger partial charge in [0.25, 0.3) is 10.1 Å². The van der Waals surface area contributed by atoms with Gasteiger partial charge >= 0.3 is 5.97 Å². The molecule has 0 aromatic carbocycles. The molecule has 18 atom stereocenters. The molecule has 4 aliphatic carbocycles. The van der Waals surface area contributed by atoms with Crippen molar-refractivity contribution in [2.45, 2.75) is 144 Å². The lowest BCUT2D eigenvalue weighted by molar-refractivity contribution is -0.146. The Morgan fingerprint density at radius 2 is 0.745 bits per heavy atom. The van der Waals surface area contributed by atoms with E-state index in [0.717, 1.165) is 19.3 Å². The van der Waals surface area contributed by atoms with E-state index >= 15 is 0 Å². The highest BCUT2D eigenvalue weighted by atomic mass is 32.2. The summed E-state index contributed by atoms with van der Waals surface area (Å²) >= 11 is 0. The Labute approximate surface area is 278 Å². The summed E-state index contributed by atoms with van der Waals surface area (Å²) in [5.74, 6) is 0.112. The van der Waals surface area contributed by atoms with Gasteiger partial charge in [0.15, 0.2) is 0 Å². The zero-order valence-corrected chi connectivity index (χ0v) is 28.1. The van der Waals surface area contributed by atoms with Crippen molar-refractivity contribution in [2.24, 2.45) is 53.3 Å². The van der Waals surface area contributed by atoms with Gasteiger partial charge in [-0.3, -0.25) is 51.9 Å². The second kappa shape index (κ2) is 12.4. The average Bonchev–Trinajstić information content (AvgIpc) is 3.79. The summed E-state index contributed by atoms with van der Waals surface area (Å²) in [5.41, 5.74) is 0. The smallest absolute Gasteiger partial charge is 0.308 e. The lowest BCUT2D eigenvalue weighted by Gasteiger charge is -2.40. The van der Waals surface area contributed by atoms with Gasteiger partial charge in [0.1, 0.15) is 5.25 Å². The first-order valence-corrected chi connectivity index (χ1v) is 20.5. The van der Waals surface area contributed by atoms with Crippen molar-refractivity contribution in [3.05, 3.63) is 0 Å². The predicted molar refractivity (Wildman–Crippen MR) is 174 cm³/mol. The van der Waals surface area contributed by atoms with E-state index in [0.29, 0.717) is 41.9 Å². The molecule has 0 aromatic rings. The van der Waals surface area contributed by atoms with Crippen molar-refractivity contribution < 1.29 is 22.9 Å². The third-order valence-electron chi connectivity index (χ3n) is 14.6. The highest BCUT2D eigenvalue weighted by Gasteiger charge is 2.59. The number of nitrogens with one attached hydrogen (secondary N) is 8. The fourth-order valence-electron chi connectivity index (χ4n) is 12.7. The molecule has 5 heterocycles. The number of hydrogen-bond acceptors (Lipinski definition) is 11. The van der Waals surface area contributed by atoms with Crippen LogP contribution in [0.4, 0.5) is 0 Å². The molecular formula is C33H56N8O5S. The molecule has 0 spiro atoms. The largest absolute Gasteiger partial charge is 0.481 e. The van der Waals surface area contributed by atoms with Crippen LogP contribution < -0.4 is 42.5 Å². The van der Waals surface area contributed by atoms with E-state index in [1.807, 2.05) is 0 Å². The van der Waals surface area contributed by atoms with Crippen LogP contribution in [0.25, 0.3) is 0 Å². The average molecular weight is 677 g/mol. The lowest BCUT2D eigenvalue weighted by Crippen LogP contribution is -2.62. The minimum atomic E-state index is -4.53. The number of rotatable bonds is 2. The van der Waals surface area contributed by atoms with Gasteiger partial charge < -0.3 is 5.11 Å². The van der Waals surface area contributed by atoms with Crippen LogP contribution in [0.2, 0.25) is 0 Å². The Morgan fingerprint density at radius 3 is 1.04 bits per heavy atom. The Kier molecular flexibility index (Phi) is 8.43. The minimum absolute atomic E-state index is 0.0302. The van der Waals surface area contributed by atoms with Gasteiger partial charge in [0.05, 0.1) is 55.2 Å². The predicted octanol–water partition coefficient (Wildman–Crippen LogP) is 0.783. The van der Waals surface area contributed by atoms with E-state index in [1.165, 1.54) is 57.8 Å². The zero-order chi connectivity index (χ0) is 32.0. The van der Waals surface area contributed by atoms with Crippen LogP contribution >= 0.6 is 0 Å². The maximum absolute atomic E-state index is 12.9. The molecule has 5 aliphatic heterocycles. The fourth-order valence-corrected chi connectivity index (χ4v) is 13.8. The molecule has 18 unspecified atom stereocenters. The molecule has 4 saturated carbocycles. The topological polar surface area (TPSA) is 188 Å². The van der Waals surface area contributed by atoms with Gasteiger partial charge in [-0.15, -0.1) is 0 Å². The Bertz CT molecular complexity index is 1310. The minimum Gasteiger partial charge on any atom is -0.481 e. The number of aliphatic carboxylic acids is 1. The van der Waals surface area contributed by atoms with Crippen molar-refractivity contribution in [3.63, 3.8) is 0 Å². The van der Waals surface area contributed by atoms with Gasteiger partial charge in [-0.1, -0.05) is 38.5 Å². The molecule has 264 valence electrons. The Morgan fingerprint density at radius 1 is 0.447 bits per heavy atom. The van der Waals surface area contributed by atoms with E-state index in [9.17, 15) is 22.9 Å². The van der Waals surface area contributed by atoms with Crippen molar-refractivity contribution in [3.8, 4) is 0 Å². The first-order chi connectivity index (χ1) is 22.7. The standard InChI is InChI=1S/C33H56N8O5S/c42-33(43)24-22(47(44,45)46)14-13-21-23(24)32-40-30-20-12-6-5-11-19(20)28(38-30)36-26-16-8-2-1-7-15(16)25(34-26)35-27-17-9-3-4-10-18(17)29(37-27)39-31(21)41-32/h15-32,34-41H,1-14H2,(H,42,43)(H,44,45,46). The summed E-state index contributed by atoms with van der Waals surface area (Å²) in [7, 11) is -4.53. The van der Waals surface area contributed by atoms with Crippen molar-refractivity contribution >= 4 is 16.1 Å².